The van der Waals surface area contributed by atoms with Crippen molar-refractivity contribution in [2.75, 3.05) is 6.54 Å². The van der Waals surface area contributed by atoms with E-state index in [0.717, 1.165) is 0 Å². The molecule has 0 radical (unpaired) electrons. The van der Waals surface area contributed by atoms with Gasteiger partial charge < -0.3 is 14.7 Å². The Bertz CT molecular complexity index is 270. The van der Waals surface area contributed by atoms with Crippen LogP contribution in [-0.4, -0.2) is 40.4 Å². The molecule has 1 saturated heterocycles. The molecule has 0 aliphatic carbocycles. The van der Waals surface area contributed by atoms with Crippen LogP contribution in [0, 0.1) is 0 Å². The largest absolute Gasteiger partial charge is 0.444 e. The molecular formula is C12H21NO3. The Morgan fingerprint density at radius 2 is 2.25 bits per heavy atom. The fourth-order valence-corrected chi connectivity index (χ4v) is 1.85. The fraction of sp³-hybridized carbons (Fsp3) is 0.750. The zero-order chi connectivity index (χ0) is 12.3. The van der Waals surface area contributed by atoms with Crippen molar-refractivity contribution in [1.82, 2.24) is 4.90 Å². The summed E-state index contributed by atoms with van der Waals surface area (Å²) in [6.45, 7) is 9.51. The lowest BCUT2D eigenvalue weighted by Gasteiger charge is -2.27. The van der Waals surface area contributed by atoms with Gasteiger partial charge in [0.1, 0.15) is 5.60 Å². The molecule has 1 N–H and O–H groups in total. The Hall–Kier alpha value is -1.03. The Balaban J connectivity index is 2.63. The number of aliphatic hydroxyl groups excluding tert-OH is 1. The van der Waals surface area contributed by atoms with E-state index in [1.165, 1.54) is 0 Å². The van der Waals surface area contributed by atoms with Gasteiger partial charge in [-0.2, -0.15) is 0 Å². The van der Waals surface area contributed by atoms with Gasteiger partial charge >= 0.3 is 6.09 Å². The van der Waals surface area contributed by atoms with Crippen molar-refractivity contribution in [1.29, 1.82) is 0 Å². The number of β-amino-alcohol motifs (C(OH)–C–C–N with tert-alkyl or cyclic N) is 1. The molecule has 0 aromatic rings. The molecule has 2 atom stereocenters. The third kappa shape index (κ3) is 3.52. The van der Waals surface area contributed by atoms with E-state index in [1.807, 2.05) is 20.8 Å². The lowest BCUT2D eigenvalue weighted by atomic mass is 10.1. The van der Waals surface area contributed by atoms with E-state index in [4.69, 9.17) is 4.74 Å². The first-order valence-electron chi connectivity index (χ1n) is 5.62. The number of carbonyl (C=O) groups is 1. The summed E-state index contributed by atoms with van der Waals surface area (Å²) in [5.41, 5.74) is -0.497. The van der Waals surface area contributed by atoms with Gasteiger partial charge in [0, 0.05) is 6.04 Å². The molecule has 4 nitrogen and oxygen atoms in total. The molecule has 0 spiro atoms. The predicted molar refractivity (Wildman–Crippen MR) is 62.2 cm³/mol. The first kappa shape index (κ1) is 13.0. The van der Waals surface area contributed by atoms with Crippen LogP contribution in [0.2, 0.25) is 0 Å². The number of hydrogen-bond acceptors (Lipinski definition) is 3. The van der Waals surface area contributed by atoms with Crippen molar-refractivity contribution in [2.45, 2.75) is 51.4 Å². The molecule has 0 saturated carbocycles. The van der Waals surface area contributed by atoms with Gasteiger partial charge in [0.15, 0.2) is 0 Å². The number of nitrogens with zero attached hydrogens (tertiary/aromatic N) is 1. The highest BCUT2D eigenvalue weighted by molar-refractivity contribution is 5.69. The number of hydrogen-bond donors (Lipinski definition) is 1. The zero-order valence-corrected chi connectivity index (χ0v) is 10.3. The average Bonchev–Trinajstić information content (AvgIpc) is 2.44. The third-order valence-electron chi connectivity index (χ3n) is 2.46. The summed E-state index contributed by atoms with van der Waals surface area (Å²) in [4.78, 5) is 13.4. The SMILES string of the molecule is C=CCC1C[C@@H](O)CN1C(=O)OC(C)(C)C. The van der Waals surface area contributed by atoms with Crippen molar-refractivity contribution in [2.24, 2.45) is 0 Å². The van der Waals surface area contributed by atoms with Crippen LogP contribution in [0.1, 0.15) is 33.6 Å². The smallest absolute Gasteiger partial charge is 0.410 e. The van der Waals surface area contributed by atoms with E-state index in [1.54, 1.807) is 11.0 Å². The lowest BCUT2D eigenvalue weighted by Crippen LogP contribution is -2.40. The number of likely N-dealkylation sites (tertiary alicyclic amines) is 1. The third-order valence-corrected chi connectivity index (χ3v) is 2.46. The van der Waals surface area contributed by atoms with Crippen molar-refractivity contribution in [3.8, 4) is 0 Å². The van der Waals surface area contributed by atoms with E-state index >= 15 is 0 Å². The van der Waals surface area contributed by atoms with Crippen molar-refractivity contribution in [3.05, 3.63) is 12.7 Å². The lowest BCUT2D eigenvalue weighted by molar-refractivity contribution is 0.0210. The van der Waals surface area contributed by atoms with E-state index in [0.29, 0.717) is 19.4 Å². The van der Waals surface area contributed by atoms with Crippen LogP contribution in [0.5, 0.6) is 0 Å². The summed E-state index contributed by atoms with van der Waals surface area (Å²) in [5.74, 6) is 0. The summed E-state index contributed by atoms with van der Waals surface area (Å²) < 4.78 is 5.29. The van der Waals surface area contributed by atoms with Gasteiger partial charge in [-0.25, -0.2) is 4.79 Å². The summed E-state index contributed by atoms with van der Waals surface area (Å²) >= 11 is 0. The Morgan fingerprint density at radius 3 is 2.75 bits per heavy atom. The molecule has 1 aliphatic heterocycles. The Morgan fingerprint density at radius 1 is 1.62 bits per heavy atom. The number of carbonyl (C=O) groups excluding carboxylic acids is 1. The molecule has 1 amide bonds. The Kier molecular flexibility index (Phi) is 3.97. The molecule has 4 heteroatoms. The molecule has 1 aliphatic rings. The molecule has 0 aromatic carbocycles. The number of ether oxygens (including phenoxy) is 1. The summed E-state index contributed by atoms with van der Waals surface area (Å²) in [5, 5.41) is 9.56. The van der Waals surface area contributed by atoms with E-state index in [-0.39, 0.29) is 12.1 Å². The minimum atomic E-state index is -0.497. The first-order valence-corrected chi connectivity index (χ1v) is 5.62. The van der Waals surface area contributed by atoms with E-state index < -0.39 is 11.7 Å². The topological polar surface area (TPSA) is 49.8 Å². The normalized spacial score (nSPS) is 25.6. The fourth-order valence-electron chi connectivity index (χ4n) is 1.85. The molecular weight excluding hydrogens is 206 g/mol. The molecule has 0 bridgehead atoms. The summed E-state index contributed by atoms with van der Waals surface area (Å²) in [6.07, 6.45) is 2.26. The standard InChI is InChI=1S/C12H21NO3/c1-5-6-9-7-10(14)8-13(9)11(15)16-12(2,3)4/h5,9-10,14H,1,6-8H2,2-4H3/t9?,10-/m1/s1. The van der Waals surface area contributed by atoms with Crippen LogP contribution in [-0.2, 0) is 4.74 Å². The van der Waals surface area contributed by atoms with Gasteiger partial charge in [-0.05, 0) is 33.6 Å². The number of rotatable bonds is 2. The van der Waals surface area contributed by atoms with Gasteiger partial charge in [0.2, 0.25) is 0 Å². The van der Waals surface area contributed by atoms with Crippen molar-refractivity contribution >= 4 is 6.09 Å². The van der Waals surface area contributed by atoms with Crippen molar-refractivity contribution < 1.29 is 14.6 Å². The zero-order valence-electron chi connectivity index (χ0n) is 10.3. The first-order chi connectivity index (χ1) is 7.33. The van der Waals surface area contributed by atoms with Crippen LogP contribution >= 0.6 is 0 Å². The minimum absolute atomic E-state index is 0.0161. The Labute approximate surface area is 96.9 Å². The molecule has 92 valence electrons. The maximum absolute atomic E-state index is 11.9. The summed E-state index contributed by atoms with van der Waals surface area (Å²) in [7, 11) is 0. The van der Waals surface area contributed by atoms with E-state index in [2.05, 4.69) is 6.58 Å². The summed E-state index contributed by atoms with van der Waals surface area (Å²) in [6, 6.07) is 0.0161. The van der Waals surface area contributed by atoms with Crippen LogP contribution in [0.15, 0.2) is 12.7 Å². The van der Waals surface area contributed by atoms with Gasteiger partial charge in [0.25, 0.3) is 0 Å². The highest BCUT2D eigenvalue weighted by atomic mass is 16.6. The highest BCUT2D eigenvalue weighted by Gasteiger charge is 2.35. The molecule has 1 unspecified atom stereocenters. The molecule has 1 rings (SSSR count). The number of aliphatic hydroxyl groups is 1. The van der Waals surface area contributed by atoms with E-state index in [9.17, 15) is 9.90 Å². The molecule has 16 heavy (non-hydrogen) atoms. The van der Waals surface area contributed by atoms with Crippen LogP contribution in [0.3, 0.4) is 0 Å². The van der Waals surface area contributed by atoms with Crippen molar-refractivity contribution in [3.63, 3.8) is 0 Å². The quantitative estimate of drug-likeness (QED) is 0.733. The molecule has 1 heterocycles. The maximum Gasteiger partial charge on any atom is 0.410 e. The van der Waals surface area contributed by atoms with Crippen LogP contribution in [0.4, 0.5) is 4.79 Å². The molecule has 0 aromatic heterocycles. The second-order valence-electron chi connectivity index (χ2n) is 5.20. The average molecular weight is 227 g/mol. The number of amides is 1. The van der Waals surface area contributed by atoms with Crippen LogP contribution in [0.25, 0.3) is 0 Å². The second-order valence-corrected chi connectivity index (χ2v) is 5.20. The van der Waals surface area contributed by atoms with Gasteiger partial charge in [-0.1, -0.05) is 6.08 Å². The van der Waals surface area contributed by atoms with Gasteiger partial charge in [-0.3, -0.25) is 0 Å². The molecule has 1 fully saturated rings. The predicted octanol–water partition coefficient (Wildman–Crippen LogP) is 1.93. The maximum atomic E-state index is 11.9. The van der Waals surface area contributed by atoms with Crippen LogP contribution < -0.4 is 0 Å². The minimum Gasteiger partial charge on any atom is -0.444 e. The van der Waals surface area contributed by atoms with Gasteiger partial charge in [0.05, 0.1) is 12.6 Å². The van der Waals surface area contributed by atoms with Gasteiger partial charge in [-0.15, -0.1) is 6.58 Å². The monoisotopic (exact) mass is 227 g/mol. The highest BCUT2D eigenvalue weighted by Crippen LogP contribution is 2.23. The second kappa shape index (κ2) is 4.87.